The van der Waals surface area contributed by atoms with Gasteiger partial charge in [-0.1, -0.05) is 90.7 Å². The molecule has 0 spiro atoms. The Hall–Kier alpha value is -2.82. The monoisotopic (exact) mass is 298 g/mol. The van der Waals surface area contributed by atoms with Crippen molar-refractivity contribution in [1.29, 1.82) is 0 Å². The lowest BCUT2D eigenvalue weighted by Crippen LogP contribution is -2.26. The van der Waals surface area contributed by atoms with Crippen molar-refractivity contribution in [2.24, 2.45) is 0 Å². The van der Waals surface area contributed by atoms with Crippen molar-refractivity contribution in [2.45, 2.75) is 12.0 Å². The minimum Gasteiger partial charge on any atom is -0.379 e. The SMILES string of the molecule is OC(CC#Cc1ccccc1)(c1ccccc1)c1ccccc1. The molecule has 0 aliphatic heterocycles. The van der Waals surface area contributed by atoms with Crippen LogP contribution in [0.2, 0.25) is 0 Å². The van der Waals surface area contributed by atoms with E-state index in [2.05, 4.69) is 11.8 Å². The normalized spacial score (nSPS) is 10.7. The largest absolute Gasteiger partial charge is 0.379 e. The Morgan fingerprint density at radius 1 is 0.652 bits per heavy atom. The standard InChI is InChI=1S/C22H18O/c23-22(20-14-6-2-7-15-20,21-16-8-3-9-17-21)18-10-13-19-11-4-1-5-12-19/h1-9,11-12,14-17,23H,18H2. The summed E-state index contributed by atoms with van der Waals surface area (Å²) in [5, 5.41) is 11.3. The second kappa shape index (κ2) is 6.96. The molecule has 0 aliphatic rings. The molecule has 3 aromatic rings. The van der Waals surface area contributed by atoms with Crippen LogP contribution in [0.5, 0.6) is 0 Å². The molecule has 0 saturated heterocycles. The van der Waals surface area contributed by atoms with Crippen LogP contribution in [0.25, 0.3) is 0 Å². The molecule has 3 rings (SSSR count). The van der Waals surface area contributed by atoms with Crippen LogP contribution < -0.4 is 0 Å². The molecule has 1 N–H and O–H groups in total. The van der Waals surface area contributed by atoms with Gasteiger partial charge in [0.05, 0.1) is 0 Å². The molecule has 0 bridgehead atoms. The van der Waals surface area contributed by atoms with E-state index in [0.717, 1.165) is 16.7 Å². The first-order valence-electron chi connectivity index (χ1n) is 7.66. The van der Waals surface area contributed by atoms with Crippen LogP contribution in [-0.2, 0) is 5.60 Å². The van der Waals surface area contributed by atoms with Crippen molar-refractivity contribution < 1.29 is 5.11 Å². The third-order valence-electron chi connectivity index (χ3n) is 3.85. The fourth-order valence-electron chi connectivity index (χ4n) is 2.59. The lowest BCUT2D eigenvalue weighted by Gasteiger charge is -2.27. The highest BCUT2D eigenvalue weighted by Crippen LogP contribution is 2.32. The summed E-state index contributed by atoms with van der Waals surface area (Å²) in [5.74, 6) is 6.27. The second-order valence-electron chi connectivity index (χ2n) is 5.44. The van der Waals surface area contributed by atoms with Crippen LogP contribution >= 0.6 is 0 Å². The lowest BCUT2D eigenvalue weighted by atomic mass is 9.84. The van der Waals surface area contributed by atoms with Crippen LogP contribution in [0.1, 0.15) is 23.1 Å². The van der Waals surface area contributed by atoms with E-state index in [0.29, 0.717) is 6.42 Å². The van der Waals surface area contributed by atoms with Crippen molar-refractivity contribution in [3.8, 4) is 11.8 Å². The maximum absolute atomic E-state index is 11.3. The smallest absolute Gasteiger partial charge is 0.125 e. The van der Waals surface area contributed by atoms with E-state index >= 15 is 0 Å². The Morgan fingerprint density at radius 3 is 1.57 bits per heavy atom. The predicted molar refractivity (Wildman–Crippen MR) is 93.8 cm³/mol. The first-order valence-corrected chi connectivity index (χ1v) is 7.66. The van der Waals surface area contributed by atoms with Gasteiger partial charge in [0, 0.05) is 12.0 Å². The molecule has 0 aliphatic carbocycles. The molecule has 0 aromatic heterocycles. The molecule has 0 atom stereocenters. The van der Waals surface area contributed by atoms with Gasteiger partial charge in [-0.3, -0.25) is 0 Å². The molecule has 0 unspecified atom stereocenters. The van der Waals surface area contributed by atoms with Crippen LogP contribution in [0, 0.1) is 11.8 Å². The van der Waals surface area contributed by atoms with Gasteiger partial charge in [-0.15, -0.1) is 0 Å². The van der Waals surface area contributed by atoms with E-state index in [1.165, 1.54) is 0 Å². The first kappa shape index (κ1) is 15.1. The molecule has 3 aromatic carbocycles. The third-order valence-corrected chi connectivity index (χ3v) is 3.85. The number of aliphatic hydroxyl groups is 1. The van der Waals surface area contributed by atoms with Crippen molar-refractivity contribution >= 4 is 0 Å². The fraction of sp³-hybridized carbons (Fsp3) is 0.0909. The van der Waals surface area contributed by atoms with Gasteiger partial charge in [-0.05, 0) is 23.3 Å². The zero-order valence-corrected chi connectivity index (χ0v) is 12.8. The van der Waals surface area contributed by atoms with E-state index in [-0.39, 0.29) is 0 Å². The molecule has 0 fully saturated rings. The Morgan fingerprint density at radius 2 is 1.09 bits per heavy atom. The Bertz CT molecular complexity index is 757. The summed E-state index contributed by atoms with van der Waals surface area (Å²) in [7, 11) is 0. The summed E-state index contributed by atoms with van der Waals surface area (Å²) < 4.78 is 0. The molecule has 1 heteroatoms. The minimum absolute atomic E-state index is 0.343. The number of hydrogen-bond donors (Lipinski definition) is 1. The van der Waals surface area contributed by atoms with Gasteiger partial charge in [-0.25, -0.2) is 0 Å². The quantitative estimate of drug-likeness (QED) is 0.712. The Balaban J connectivity index is 1.96. The predicted octanol–water partition coefficient (Wildman–Crippen LogP) is 4.36. The lowest BCUT2D eigenvalue weighted by molar-refractivity contribution is 0.0865. The fourth-order valence-corrected chi connectivity index (χ4v) is 2.59. The summed E-state index contributed by atoms with van der Waals surface area (Å²) in [4.78, 5) is 0. The highest BCUT2D eigenvalue weighted by Gasteiger charge is 2.30. The van der Waals surface area contributed by atoms with Crippen LogP contribution in [0.3, 0.4) is 0 Å². The number of benzene rings is 3. The molecule has 0 heterocycles. The summed E-state index contributed by atoms with van der Waals surface area (Å²) in [5.41, 5.74) is 1.56. The average molecular weight is 298 g/mol. The van der Waals surface area contributed by atoms with E-state index < -0.39 is 5.60 Å². The van der Waals surface area contributed by atoms with Crippen molar-refractivity contribution in [2.75, 3.05) is 0 Å². The minimum atomic E-state index is -1.11. The first-order chi connectivity index (χ1) is 11.3. The maximum atomic E-state index is 11.3. The zero-order chi connectivity index (χ0) is 16.0. The Kier molecular flexibility index (Phi) is 4.57. The van der Waals surface area contributed by atoms with Crippen LogP contribution in [0.15, 0.2) is 91.0 Å². The molecular weight excluding hydrogens is 280 g/mol. The van der Waals surface area contributed by atoms with Crippen molar-refractivity contribution in [1.82, 2.24) is 0 Å². The second-order valence-corrected chi connectivity index (χ2v) is 5.44. The molecule has 112 valence electrons. The van der Waals surface area contributed by atoms with Gasteiger partial charge in [0.25, 0.3) is 0 Å². The van der Waals surface area contributed by atoms with Crippen LogP contribution in [0.4, 0.5) is 0 Å². The third kappa shape index (κ3) is 3.51. The van der Waals surface area contributed by atoms with E-state index in [4.69, 9.17) is 0 Å². The number of hydrogen-bond acceptors (Lipinski definition) is 1. The number of rotatable bonds is 3. The van der Waals surface area contributed by atoms with E-state index in [9.17, 15) is 5.11 Å². The van der Waals surface area contributed by atoms with Gasteiger partial charge >= 0.3 is 0 Å². The molecule has 23 heavy (non-hydrogen) atoms. The summed E-state index contributed by atoms with van der Waals surface area (Å²) in [6.07, 6.45) is 0.343. The average Bonchev–Trinajstić information content (AvgIpc) is 2.64. The summed E-state index contributed by atoms with van der Waals surface area (Å²) >= 11 is 0. The van der Waals surface area contributed by atoms with Gasteiger partial charge in [0.1, 0.15) is 5.60 Å². The zero-order valence-electron chi connectivity index (χ0n) is 12.8. The molecule has 1 nitrogen and oxygen atoms in total. The van der Waals surface area contributed by atoms with Crippen LogP contribution in [-0.4, -0.2) is 5.11 Å². The topological polar surface area (TPSA) is 20.2 Å². The summed E-state index contributed by atoms with van der Waals surface area (Å²) in [6, 6.07) is 29.3. The van der Waals surface area contributed by atoms with Gasteiger partial charge in [-0.2, -0.15) is 0 Å². The van der Waals surface area contributed by atoms with Gasteiger partial charge in [0.15, 0.2) is 0 Å². The summed E-state index contributed by atoms with van der Waals surface area (Å²) in [6.45, 7) is 0. The molecule has 0 amide bonds. The van der Waals surface area contributed by atoms with E-state index in [1.54, 1.807) is 0 Å². The maximum Gasteiger partial charge on any atom is 0.125 e. The Labute approximate surface area is 137 Å². The highest BCUT2D eigenvalue weighted by atomic mass is 16.3. The van der Waals surface area contributed by atoms with Gasteiger partial charge in [0.2, 0.25) is 0 Å². The van der Waals surface area contributed by atoms with Crippen molar-refractivity contribution in [3.05, 3.63) is 108 Å². The van der Waals surface area contributed by atoms with Gasteiger partial charge < -0.3 is 5.11 Å². The van der Waals surface area contributed by atoms with Crippen molar-refractivity contribution in [3.63, 3.8) is 0 Å². The molecular formula is C22H18O. The highest BCUT2D eigenvalue weighted by molar-refractivity contribution is 5.40. The molecule has 0 saturated carbocycles. The molecule has 0 radical (unpaired) electrons. The van der Waals surface area contributed by atoms with E-state index in [1.807, 2.05) is 91.0 Å².